The number of hydrazine groups is 1. The molecule has 3 N–H and O–H groups in total. The van der Waals surface area contributed by atoms with Gasteiger partial charge in [0.1, 0.15) is 0 Å². The van der Waals surface area contributed by atoms with Crippen LogP contribution in [0.5, 0.6) is 0 Å². The first-order valence-electron chi connectivity index (χ1n) is 5.57. The zero-order valence-electron chi connectivity index (χ0n) is 9.80. The third kappa shape index (κ3) is 2.87. The summed E-state index contributed by atoms with van der Waals surface area (Å²) in [5.41, 5.74) is 6.39. The van der Waals surface area contributed by atoms with Crippen molar-refractivity contribution in [2.24, 2.45) is 5.84 Å². The van der Waals surface area contributed by atoms with Gasteiger partial charge in [0.25, 0.3) is 0 Å². The maximum absolute atomic E-state index is 5.64. The number of nitrogens with one attached hydrogen (secondary N) is 1. The number of nitrogens with zero attached hydrogens (tertiary/aromatic N) is 2. The van der Waals surface area contributed by atoms with Gasteiger partial charge in [0.2, 0.25) is 0 Å². The van der Waals surface area contributed by atoms with Gasteiger partial charge in [-0.25, -0.2) is 0 Å². The van der Waals surface area contributed by atoms with Crippen LogP contribution in [0.25, 0.3) is 0 Å². The van der Waals surface area contributed by atoms with E-state index in [-0.39, 0.29) is 6.04 Å². The SMILES string of the molecule is Cc1cnccc1C(Cc1ccncc1)NN. The zero-order valence-corrected chi connectivity index (χ0v) is 9.80. The number of rotatable bonds is 4. The van der Waals surface area contributed by atoms with E-state index in [0.29, 0.717) is 0 Å². The number of pyridine rings is 2. The van der Waals surface area contributed by atoms with Crippen LogP contribution in [0.4, 0.5) is 0 Å². The van der Waals surface area contributed by atoms with Gasteiger partial charge in [-0.3, -0.25) is 21.2 Å². The minimum Gasteiger partial charge on any atom is -0.271 e. The number of aromatic nitrogens is 2. The minimum absolute atomic E-state index is 0.0976. The average molecular weight is 228 g/mol. The van der Waals surface area contributed by atoms with Gasteiger partial charge >= 0.3 is 0 Å². The monoisotopic (exact) mass is 228 g/mol. The van der Waals surface area contributed by atoms with Gasteiger partial charge in [-0.15, -0.1) is 0 Å². The first-order valence-corrected chi connectivity index (χ1v) is 5.57. The highest BCUT2D eigenvalue weighted by Crippen LogP contribution is 2.19. The molecule has 0 bridgehead atoms. The number of nitrogens with two attached hydrogens (primary N) is 1. The molecule has 2 aromatic heterocycles. The van der Waals surface area contributed by atoms with Crippen LogP contribution in [-0.2, 0) is 6.42 Å². The van der Waals surface area contributed by atoms with E-state index >= 15 is 0 Å². The van der Waals surface area contributed by atoms with Crippen LogP contribution in [0, 0.1) is 6.92 Å². The quantitative estimate of drug-likeness (QED) is 0.615. The maximum Gasteiger partial charge on any atom is 0.0504 e. The van der Waals surface area contributed by atoms with Gasteiger partial charge in [-0.05, 0) is 48.2 Å². The summed E-state index contributed by atoms with van der Waals surface area (Å²) in [6.07, 6.45) is 8.07. The van der Waals surface area contributed by atoms with Crippen molar-refractivity contribution in [2.45, 2.75) is 19.4 Å². The largest absolute Gasteiger partial charge is 0.271 e. The number of hydrogen-bond acceptors (Lipinski definition) is 4. The zero-order chi connectivity index (χ0) is 12.1. The summed E-state index contributed by atoms with van der Waals surface area (Å²) in [7, 11) is 0. The summed E-state index contributed by atoms with van der Waals surface area (Å²) >= 11 is 0. The molecule has 4 heteroatoms. The molecule has 4 nitrogen and oxygen atoms in total. The highest BCUT2D eigenvalue weighted by molar-refractivity contribution is 5.27. The smallest absolute Gasteiger partial charge is 0.0504 e. The normalized spacial score (nSPS) is 12.4. The highest BCUT2D eigenvalue weighted by atomic mass is 15.2. The summed E-state index contributed by atoms with van der Waals surface area (Å²) in [5, 5.41) is 0. The molecule has 2 heterocycles. The molecule has 0 saturated carbocycles. The molecule has 1 unspecified atom stereocenters. The van der Waals surface area contributed by atoms with Crippen LogP contribution in [0.2, 0.25) is 0 Å². The Balaban J connectivity index is 2.21. The van der Waals surface area contributed by atoms with Crippen molar-refractivity contribution in [1.82, 2.24) is 15.4 Å². The summed E-state index contributed by atoms with van der Waals surface area (Å²) in [4.78, 5) is 8.10. The molecule has 0 aromatic carbocycles. The lowest BCUT2D eigenvalue weighted by molar-refractivity contribution is 0.548. The number of aryl methyl sites for hydroxylation is 1. The van der Waals surface area contributed by atoms with Crippen LogP contribution in [0.1, 0.15) is 22.7 Å². The Bertz CT molecular complexity index is 470. The minimum atomic E-state index is 0.0976. The van der Waals surface area contributed by atoms with Crippen molar-refractivity contribution >= 4 is 0 Å². The van der Waals surface area contributed by atoms with E-state index in [4.69, 9.17) is 5.84 Å². The van der Waals surface area contributed by atoms with Crippen LogP contribution in [-0.4, -0.2) is 9.97 Å². The maximum atomic E-state index is 5.64. The molecule has 0 amide bonds. The molecule has 88 valence electrons. The Kier molecular flexibility index (Phi) is 3.80. The van der Waals surface area contributed by atoms with Crippen molar-refractivity contribution in [3.05, 3.63) is 59.7 Å². The second-order valence-electron chi connectivity index (χ2n) is 4.01. The summed E-state index contributed by atoms with van der Waals surface area (Å²) in [6, 6.07) is 6.10. The lowest BCUT2D eigenvalue weighted by Gasteiger charge is -2.18. The molecule has 0 fully saturated rings. The van der Waals surface area contributed by atoms with Crippen LogP contribution < -0.4 is 11.3 Å². The highest BCUT2D eigenvalue weighted by Gasteiger charge is 2.12. The molecule has 0 radical (unpaired) electrons. The van der Waals surface area contributed by atoms with Gasteiger partial charge in [0.15, 0.2) is 0 Å². The molecule has 0 aliphatic rings. The van der Waals surface area contributed by atoms with Crippen molar-refractivity contribution in [3.8, 4) is 0 Å². The van der Waals surface area contributed by atoms with Gasteiger partial charge in [-0.2, -0.15) is 0 Å². The Morgan fingerprint density at radius 1 is 1.18 bits per heavy atom. The van der Waals surface area contributed by atoms with Crippen molar-refractivity contribution in [3.63, 3.8) is 0 Å². The first-order chi connectivity index (χ1) is 8.31. The molecule has 0 aliphatic carbocycles. The van der Waals surface area contributed by atoms with Crippen molar-refractivity contribution < 1.29 is 0 Å². The van der Waals surface area contributed by atoms with E-state index in [1.165, 1.54) is 11.1 Å². The fraction of sp³-hybridized carbons (Fsp3) is 0.231. The van der Waals surface area contributed by atoms with E-state index in [1.807, 2.05) is 31.3 Å². The summed E-state index contributed by atoms with van der Waals surface area (Å²) in [6.45, 7) is 2.04. The third-order valence-corrected chi connectivity index (χ3v) is 2.83. The van der Waals surface area contributed by atoms with E-state index in [2.05, 4.69) is 15.4 Å². The van der Waals surface area contributed by atoms with Gasteiger partial charge in [0.05, 0.1) is 6.04 Å². The standard InChI is InChI=1S/C13H16N4/c1-10-9-16-7-4-12(10)13(17-14)8-11-2-5-15-6-3-11/h2-7,9,13,17H,8,14H2,1H3. The molecular formula is C13H16N4. The molecule has 1 atom stereocenters. The van der Waals surface area contributed by atoms with Crippen LogP contribution in [0.3, 0.4) is 0 Å². The molecular weight excluding hydrogens is 212 g/mol. The lowest BCUT2D eigenvalue weighted by Crippen LogP contribution is -2.30. The Morgan fingerprint density at radius 3 is 2.53 bits per heavy atom. The number of hydrogen-bond donors (Lipinski definition) is 2. The fourth-order valence-corrected chi connectivity index (χ4v) is 1.89. The fourth-order valence-electron chi connectivity index (χ4n) is 1.89. The molecule has 17 heavy (non-hydrogen) atoms. The lowest BCUT2D eigenvalue weighted by atomic mass is 9.98. The average Bonchev–Trinajstić information content (AvgIpc) is 2.38. The molecule has 0 aliphatic heterocycles. The second kappa shape index (κ2) is 5.52. The van der Waals surface area contributed by atoms with E-state index in [9.17, 15) is 0 Å². The Morgan fingerprint density at radius 2 is 1.88 bits per heavy atom. The molecule has 2 aromatic rings. The summed E-state index contributed by atoms with van der Waals surface area (Å²) in [5.74, 6) is 5.64. The van der Waals surface area contributed by atoms with E-state index < -0.39 is 0 Å². The van der Waals surface area contributed by atoms with Gasteiger partial charge < -0.3 is 0 Å². The van der Waals surface area contributed by atoms with Crippen LogP contribution >= 0.6 is 0 Å². The van der Waals surface area contributed by atoms with E-state index in [0.717, 1.165) is 12.0 Å². The molecule has 2 rings (SSSR count). The Hall–Kier alpha value is -1.78. The predicted molar refractivity (Wildman–Crippen MR) is 67.0 cm³/mol. The van der Waals surface area contributed by atoms with Gasteiger partial charge in [0, 0.05) is 24.8 Å². The second-order valence-corrected chi connectivity index (χ2v) is 4.01. The predicted octanol–water partition coefficient (Wildman–Crippen LogP) is 1.53. The topological polar surface area (TPSA) is 63.8 Å². The molecule has 0 saturated heterocycles. The van der Waals surface area contributed by atoms with Crippen molar-refractivity contribution in [2.75, 3.05) is 0 Å². The summed E-state index contributed by atoms with van der Waals surface area (Å²) < 4.78 is 0. The van der Waals surface area contributed by atoms with E-state index in [1.54, 1.807) is 18.6 Å². The van der Waals surface area contributed by atoms with Gasteiger partial charge in [-0.1, -0.05) is 0 Å². The van der Waals surface area contributed by atoms with Crippen LogP contribution in [0.15, 0.2) is 43.0 Å². The Labute approximate surface area is 101 Å². The van der Waals surface area contributed by atoms with Crippen molar-refractivity contribution in [1.29, 1.82) is 0 Å². The molecule has 0 spiro atoms. The first kappa shape index (κ1) is 11.7. The third-order valence-electron chi connectivity index (χ3n) is 2.83.